The summed E-state index contributed by atoms with van der Waals surface area (Å²) < 4.78 is 5.49. The first-order valence-electron chi connectivity index (χ1n) is 6.56. The van der Waals surface area contributed by atoms with E-state index in [0.29, 0.717) is 6.10 Å². The lowest BCUT2D eigenvalue weighted by Gasteiger charge is -2.08. The van der Waals surface area contributed by atoms with Gasteiger partial charge < -0.3 is 15.0 Å². The molecule has 1 aromatic carbocycles. The SMILES string of the molecule is CC(C)OCCCNCc1ccc2[c]c[nH]c2c1. The van der Waals surface area contributed by atoms with Crippen LogP contribution in [0.25, 0.3) is 10.9 Å². The highest BCUT2D eigenvalue weighted by Gasteiger charge is 1.98. The van der Waals surface area contributed by atoms with Crippen LogP contribution >= 0.6 is 0 Å². The van der Waals surface area contributed by atoms with Crippen LogP contribution in [0.15, 0.2) is 24.4 Å². The van der Waals surface area contributed by atoms with Gasteiger partial charge in [0.05, 0.1) is 6.10 Å². The molecule has 0 saturated heterocycles. The van der Waals surface area contributed by atoms with E-state index in [1.807, 2.05) is 6.20 Å². The molecule has 1 aromatic heterocycles. The average Bonchev–Trinajstić information content (AvgIpc) is 2.80. The van der Waals surface area contributed by atoms with Gasteiger partial charge in [0, 0.05) is 36.3 Å². The maximum atomic E-state index is 5.49. The molecule has 1 heterocycles. The molecule has 97 valence electrons. The molecule has 0 amide bonds. The van der Waals surface area contributed by atoms with E-state index in [1.54, 1.807) is 0 Å². The van der Waals surface area contributed by atoms with Crippen molar-refractivity contribution in [2.75, 3.05) is 13.2 Å². The maximum Gasteiger partial charge on any atom is 0.0518 e. The third-order valence-electron chi connectivity index (χ3n) is 2.82. The second-order valence-electron chi connectivity index (χ2n) is 4.76. The molecular weight excluding hydrogens is 224 g/mol. The number of nitrogens with one attached hydrogen (secondary N) is 2. The molecule has 0 aliphatic carbocycles. The fourth-order valence-electron chi connectivity index (χ4n) is 1.89. The number of benzene rings is 1. The van der Waals surface area contributed by atoms with Crippen molar-refractivity contribution < 1.29 is 4.74 Å². The fourth-order valence-corrected chi connectivity index (χ4v) is 1.89. The predicted octanol–water partition coefficient (Wildman–Crippen LogP) is 2.87. The molecule has 3 heteroatoms. The van der Waals surface area contributed by atoms with Crippen molar-refractivity contribution in [2.24, 2.45) is 0 Å². The van der Waals surface area contributed by atoms with E-state index < -0.39 is 0 Å². The number of fused-ring (bicyclic) bond motifs is 1. The number of rotatable bonds is 7. The molecule has 18 heavy (non-hydrogen) atoms. The van der Waals surface area contributed by atoms with Gasteiger partial charge >= 0.3 is 0 Å². The number of ether oxygens (including phenoxy) is 1. The van der Waals surface area contributed by atoms with Crippen molar-refractivity contribution in [3.8, 4) is 0 Å². The summed E-state index contributed by atoms with van der Waals surface area (Å²) in [6, 6.07) is 9.56. The molecule has 2 rings (SSSR count). The summed E-state index contributed by atoms with van der Waals surface area (Å²) in [7, 11) is 0. The molecule has 0 aliphatic rings. The van der Waals surface area contributed by atoms with Crippen LogP contribution in [0.2, 0.25) is 0 Å². The number of hydrogen-bond donors (Lipinski definition) is 2. The second-order valence-corrected chi connectivity index (χ2v) is 4.76. The number of aromatic nitrogens is 1. The highest BCUT2D eigenvalue weighted by atomic mass is 16.5. The molecule has 0 spiro atoms. The summed E-state index contributed by atoms with van der Waals surface area (Å²) in [6.07, 6.45) is 3.23. The van der Waals surface area contributed by atoms with Crippen LogP contribution in [0, 0.1) is 6.07 Å². The van der Waals surface area contributed by atoms with Crippen LogP contribution in [0.5, 0.6) is 0 Å². The summed E-state index contributed by atoms with van der Waals surface area (Å²) in [6.45, 7) is 6.85. The molecule has 0 fully saturated rings. The lowest BCUT2D eigenvalue weighted by Crippen LogP contribution is -2.17. The zero-order chi connectivity index (χ0) is 12.8. The van der Waals surface area contributed by atoms with Crippen molar-refractivity contribution in [3.05, 3.63) is 36.0 Å². The van der Waals surface area contributed by atoms with Crippen LogP contribution in [-0.2, 0) is 11.3 Å². The Morgan fingerprint density at radius 2 is 2.28 bits per heavy atom. The average molecular weight is 245 g/mol. The summed E-state index contributed by atoms with van der Waals surface area (Å²) in [5, 5.41) is 4.57. The third kappa shape index (κ3) is 3.86. The smallest absolute Gasteiger partial charge is 0.0518 e. The number of hydrogen-bond acceptors (Lipinski definition) is 2. The van der Waals surface area contributed by atoms with Gasteiger partial charge in [-0.3, -0.25) is 0 Å². The van der Waals surface area contributed by atoms with E-state index in [0.717, 1.165) is 37.0 Å². The van der Waals surface area contributed by atoms with E-state index >= 15 is 0 Å². The van der Waals surface area contributed by atoms with E-state index in [9.17, 15) is 0 Å². The topological polar surface area (TPSA) is 37.0 Å². The molecular formula is C15H21N2O. The van der Waals surface area contributed by atoms with Gasteiger partial charge in [0.15, 0.2) is 0 Å². The van der Waals surface area contributed by atoms with E-state index in [2.05, 4.69) is 48.4 Å². The Hall–Kier alpha value is -1.32. The number of aromatic amines is 1. The van der Waals surface area contributed by atoms with Crippen LogP contribution in [0.3, 0.4) is 0 Å². The predicted molar refractivity (Wildman–Crippen MR) is 74.5 cm³/mol. The Morgan fingerprint density at radius 1 is 1.39 bits per heavy atom. The van der Waals surface area contributed by atoms with Crippen LogP contribution in [0.1, 0.15) is 25.8 Å². The first-order chi connectivity index (χ1) is 8.75. The van der Waals surface area contributed by atoms with Crippen molar-refractivity contribution in [3.63, 3.8) is 0 Å². The van der Waals surface area contributed by atoms with E-state index in [4.69, 9.17) is 4.74 Å². The summed E-state index contributed by atoms with van der Waals surface area (Å²) in [5.74, 6) is 0. The minimum atomic E-state index is 0.330. The molecule has 0 bridgehead atoms. The lowest BCUT2D eigenvalue weighted by atomic mass is 10.1. The molecule has 3 nitrogen and oxygen atoms in total. The van der Waals surface area contributed by atoms with E-state index in [1.165, 1.54) is 5.56 Å². The van der Waals surface area contributed by atoms with Crippen LogP contribution in [-0.4, -0.2) is 24.2 Å². The molecule has 0 atom stereocenters. The van der Waals surface area contributed by atoms with Gasteiger partial charge in [-0.05, 0) is 38.4 Å². The van der Waals surface area contributed by atoms with Crippen molar-refractivity contribution >= 4 is 10.9 Å². The van der Waals surface area contributed by atoms with Crippen LogP contribution in [0.4, 0.5) is 0 Å². The molecule has 1 radical (unpaired) electrons. The Bertz CT molecular complexity index is 476. The van der Waals surface area contributed by atoms with Gasteiger partial charge in [0.2, 0.25) is 0 Å². The van der Waals surface area contributed by atoms with Gasteiger partial charge in [-0.25, -0.2) is 0 Å². The summed E-state index contributed by atoms with van der Waals surface area (Å²) >= 11 is 0. The summed E-state index contributed by atoms with van der Waals surface area (Å²) in [4.78, 5) is 3.18. The summed E-state index contributed by atoms with van der Waals surface area (Å²) in [5.41, 5.74) is 2.44. The lowest BCUT2D eigenvalue weighted by molar-refractivity contribution is 0.0770. The highest BCUT2D eigenvalue weighted by molar-refractivity contribution is 5.79. The maximum absolute atomic E-state index is 5.49. The van der Waals surface area contributed by atoms with Crippen molar-refractivity contribution in [2.45, 2.75) is 32.9 Å². The van der Waals surface area contributed by atoms with Gasteiger partial charge in [0.25, 0.3) is 0 Å². The van der Waals surface area contributed by atoms with Crippen molar-refractivity contribution in [1.29, 1.82) is 0 Å². The first-order valence-corrected chi connectivity index (χ1v) is 6.56. The second kappa shape index (κ2) is 6.57. The Labute approximate surface area is 109 Å². The van der Waals surface area contributed by atoms with E-state index in [-0.39, 0.29) is 0 Å². The zero-order valence-corrected chi connectivity index (χ0v) is 11.1. The molecule has 0 saturated carbocycles. The largest absolute Gasteiger partial charge is 0.379 e. The van der Waals surface area contributed by atoms with Gasteiger partial charge in [-0.1, -0.05) is 12.1 Å². The minimum Gasteiger partial charge on any atom is -0.379 e. The molecule has 0 unspecified atom stereocenters. The highest BCUT2D eigenvalue weighted by Crippen LogP contribution is 2.13. The zero-order valence-electron chi connectivity index (χ0n) is 11.1. The van der Waals surface area contributed by atoms with Gasteiger partial charge in [-0.2, -0.15) is 0 Å². The fraction of sp³-hybridized carbons (Fsp3) is 0.467. The molecule has 2 aromatic rings. The van der Waals surface area contributed by atoms with Crippen molar-refractivity contribution in [1.82, 2.24) is 10.3 Å². The van der Waals surface area contributed by atoms with Gasteiger partial charge in [-0.15, -0.1) is 0 Å². The third-order valence-corrected chi connectivity index (χ3v) is 2.82. The quantitative estimate of drug-likeness (QED) is 0.736. The normalized spacial score (nSPS) is 11.5. The Balaban J connectivity index is 1.70. The Morgan fingerprint density at radius 3 is 3.11 bits per heavy atom. The van der Waals surface area contributed by atoms with Gasteiger partial charge in [0.1, 0.15) is 0 Å². The molecule has 0 aliphatic heterocycles. The standard InChI is InChI=1S/C15H21N2O/c1-12(2)18-9-3-7-16-11-13-4-5-14-6-8-17-15(14)10-13/h4-5,8,10,12,16-17H,3,7,9,11H2,1-2H3. The number of H-pyrrole nitrogens is 1. The minimum absolute atomic E-state index is 0.330. The molecule has 2 N–H and O–H groups in total. The van der Waals surface area contributed by atoms with Crippen LogP contribution < -0.4 is 5.32 Å². The monoisotopic (exact) mass is 245 g/mol. The first kappa shape index (κ1) is 13.1. The Kier molecular flexibility index (Phi) is 4.79.